The van der Waals surface area contributed by atoms with E-state index in [-0.39, 0.29) is 17.4 Å². The third kappa shape index (κ3) is 4.91. The molecule has 0 bridgehead atoms. The van der Waals surface area contributed by atoms with Gasteiger partial charge >= 0.3 is 0 Å². The molecule has 5 rings (SSSR count). The fourth-order valence-corrected chi connectivity index (χ4v) is 5.64. The summed E-state index contributed by atoms with van der Waals surface area (Å²) >= 11 is 2.91. The zero-order chi connectivity index (χ0) is 22.6. The van der Waals surface area contributed by atoms with Crippen LogP contribution in [0.3, 0.4) is 0 Å². The molecule has 0 radical (unpaired) electrons. The van der Waals surface area contributed by atoms with Crippen LogP contribution in [0.2, 0.25) is 0 Å². The number of nitrogens with zero attached hydrogens (tertiary/aromatic N) is 6. The van der Waals surface area contributed by atoms with Crippen molar-refractivity contribution in [1.29, 1.82) is 0 Å². The van der Waals surface area contributed by atoms with Crippen molar-refractivity contribution in [2.45, 2.75) is 37.4 Å². The molecule has 33 heavy (non-hydrogen) atoms. The number of aromatic hydroxyl groups is 1. The molecule has 1 amide bonds. The monoisotopic (exact) mass is 478 g/mol. The molecule has 8 nitrogen and oxygen atoms in total. The number of thioether (sulfide) groups is 1. The number of amides is 1. The number of tetrazole rings is 1. The second-order valence-electron chi connectivity index (χ2n) is 7.72. The number of carbonyl (C=O) groups is 1. The Morgan fingerprint density at radius 1 is 1.09 bits per heavy atom. The molecule has 4 aromatic rings. The van der Waals surface area contributed by atoms with Crippen molar-refractivity contribution in [2.75, 3.05) is 10.7 Å². The van der Waals surface area contributed by atoms with Gasteiger partial charge in [0.2, 0.25) is 11.1 Å². The molecule has 0 unspecified atom stereocenters. The normalized spacial score (nSPS) is 13.0. The summed E-state index contributed by atoms with van der Waals surface area (Å²) in [5.41, 5.74) is 2.90. The van der Waals surface area contributed by atoms with Gasteiger partial charge in [-0.3, -0.25) is 9.69 Å². The fourth-order valence-electron chi connectivity index (χ4n) is 3.71. The Hall–Kier alpha value is -3.24. The summed E-state index contributed by atoms with van der Waals surface area (Å²) in [5, 5.41) is 22.7. The molecule has 0 atom stereocenters. The zero-order valence-electron chi connectivity index (χ0n) is 17.8. The first-order valence-electron chi connectivity index (χ1n) is 10.7. The Kier molecular flexibility index (Phi) is 6.36. The molecule has 2 heterocycles. The van der Waals surface area contributed by atoms with Crippen LogP contribution in [-0.4, -0.2) is 42.0 Å². The van der Waals surface area contributed by atoms with E-state index in [0.29, 0.717) is 17.4 Å². The van der Waals surface area contributed by atoms with Crippen molar-refractivity contribution in [3.63, 3.8) is 0 Å². The van der Waals surface area contributed by atoms with Gasteiger partial charge in [0.05, 0.1) is 23.7 Å². The molecule has 1 N–H and O–H groups in total. The number of aryl methyl sites for hydroxylation is 2. The van der Waals surface area contributed by atoms with Crippen LogP contribution in [0.25, 0.3) is 5.69 Å². The lowest BCUT2D eigenvalue weighted by molar-refractivity contribution is -0.116. The van der Waals surface area contributed by atoms with E-state index in [0.717, 1.165) is 35.7 Å². The van der Waals surface area contributed by atoms with Gasteiger partial charge in [-0.25, -0.2) is 4.98 Å². The minimum atomic E-state index is -0.0461. The molecule has 0 saturated heterocycles. The quantitative estimate of drug-likeness (QED) is 0.401. The summed E-state index contributed by atoms with van der Waals surface area (Å²) in [6.45, 7) is 0.468. The summed E-state index contributed by atoms with van der Waals surface area (Å²) in [5.74, 6) is 0.296. The largest absolute Gasteiger partial charge is 0.508 e. The summed E-state index contributed by atoms with van der Waals surface area (Å²) in [6, 6.07) is 16.6. The van der Waals surface area contributed by atoms with Crippen LogP contribution in [0.1, 0.15) is 29.0 Å². The van der Waals surface area contributed by atoms with Gasteiger partial charge in [-0.15, -0.1) is 16.4 Å². The van der Waals surface area contributed by atoms with Crippen LogP contribution in [-0.2, 0) is 24.2 Å². The van der Waals surface area contributed by atoms with E-state index in [1.807, 2.05) is 30.3 Å². The lowest BCUT2D eigenvalue weighted by Crippen LogP contribution is -2.32. The van der Waals surface area contributed by atoms with Gasteiger partial charge in [-0.05, 0) is 65.9 Å². The van der Waals surface area contributed by atoms with E-state index < -0.39 is 0 Å². The molecule has 2 aromatic heterocycles. The minimum absolute atomic E-state index is 0.0461. The maximum atomic E-state index is 13.4. The molecule has 168 valence electrons. The van der Waals surface area contributed by atoms with Crippen LogP contribution >= 0.6 is 23.1 Å². The standard InChI is InChI=1S/C23H22N6O2S2/c30-18-12-10-17(11-13-18)29-23(25-26-27-29)32-15-21(31)28(14-16-6-2-1-3-7-16)22-24-19-8-4-5-9-20(19)33-22/h1-3,6-7,10-13,30H,4-5,8-9,14-15H2. The SMILES string of the molecule is O=C(CSc1nnnn1-c1ccc(O)cc1)N(Cc1ccccc1)c1nc2c(s1)CCCC2. The first-order chi connectivity index (χ1) is 16.2. The number of benzene rings is 2. The second kappa shape index (κ2) is 9.72. The fraction of sp³-hybridized carbons (Fsp3) is 0.261. The van der Waals surface area contributed by atoms with E-state index >= 15 is 0 Å². The highest BCUT2D eigenvalue weighted by molar-refractivity contribution is 7.99. The van der Waals surface area contributed by atoms with Crippen molar-refractivity contribution in [2.24, 2.45) is 0 Å². The van der Waals surface area contributed by atoms with Crippen LogP contribution < -0.4 is 4.90 Å². The first kappa shape index (κ1) is 21.6. The molecule has 2 aromatic carbocycles. The van der Waals surface area contributed by atoms with Gasteiger partial charge in [0, 0.05) is 4.88 Å². The van der Waals surface area contributed by atoms with E-state index in [2.05, 4.69) is 15.5 Å². The first-order valence-corrected chi connectivity index (χ1v) is 12.5. The Labute approximate surface area is 199 Å². The predicted octanol–water partition coefficient (Wildman–Crippen LogP) is 4.03. The predicted molar refractivity (Wildman–Crippen MR) is 128 cm³/mol. The van der Waals surface area contributed by atoms with E-state index in [9.17, 15) is 9.90 Å². The van der Waals surface area contributed by atoms with Gasteiger partial charge in [0.15, 0.2) is 5.13 Å². The number of phenolic OH excluding ortho intramolecular Hbond substituents is 1. The highest BCUT2D eigenvalue weighted by Crippen LogP contribution is 2.33. The number of rotatable bonds is 7. The van der Waals surface area contributed by atoms with E-state index in [4.69, 9.17) is 4.98 Å². The molecule has 1 aliphatic rings. The number of fused-ring (bicyclic) bond motifs is 1. The van der Waals surface area contributed by atoms with Gasteiger partial charge in [-0.2, -0.15) is 4.68 Å². The van der Waals surface area contributed by atoms with Crippen molar-refractivity contribution >= 4 is 34.1 Å². The molecule has 10 heteroatoms. The lowest BCUT2D eigenvalue weighted by atomic mass is 10.0. The Balaban J connectivity index is 1.36. The van der Waals surface area contributed by atoms with Crippen molar-refractivity contribution in [3.05, 3.63) is 70.7 Å². The summed E-state index contributed by atoms with van der Waals surface area (Å²) in [6.07, 6.45) is 4.35. The van der Waals surface area contributed by atoms with Gasteiger partial charge in [0.25, 0.3) is 0 Å². The van der Waals surface area contributed by atoms with Crippen LogP contribution in [0, 0.1) is 0 Å². The smallest absolute Gasteiger partial charge is 0.239 e. The summed E-state index contributed by atoms with van der Waals surface area (Å²) in [4.78, 5) is 21.3. The summed E-state index contributed by atoms with van der Waals surface area (Å²) in [7, 11) is 0. The highest BCUT2D eigenvalue weighted by Gasteiger charge is 2.24. The molecule has 0 fully saturated rings. The highest BCUT2D eigenvalue weighted by atomic mass is 32.2. The molecule has 0 saturated carbocycles. The average Bonchev–Trinajstić information content (AvgIpc) is 3.49. The number of aromatic nitrogens is 5. The summed E-state index contributed by atoms with van der Waals surface area (Å²) < 4.78 is 1.56. The topological polar surface area (TPSA) is 97.0 Å². The number of phenols is 1. The Morgan fingerprint density at radius 3 is 2.67 bits per heavy atom. The number of anilines is 1. The van der Waals surface area contributed by atoms with Crippen LogP contribution in [0.5, 0.6) is 5.75 Å². The van der Waals surface area contributed by atoms with Gasteiger partial charge in [0.1, 0.15) is 5.75 Å². The van der Waals surface area contributed by atoms with Crippen LogP contribution in [0.15, 0.2) is 59.8 Å². The van der Waals surface area contributed by atoms with Gasteiger partial charge in [-0.1, -0.05) is 42.1 Å². The number of hydrogen-bond acceptors (Lipinski definition) is 8. The Bertz CT molecular complexity index is 1220. The molecule has 0 spiro atoms. The average molecular weight is 479 g/mol. The minimum Gasteiger partial charge on any atom is -0.508 e. The molecular formula is C23H22N6O2S2. The maximum absolute atomic E-state index is 13.4. The van der Waals surface area contributed by atoms with Crippen molar-refractivity contribution in [1.82, 2.24) is 25.2 Å². The lowest BCUT2D eigenvalue weighted by Gasteiger charge is -2.20. The van der Waals surface area contributed by atoms with Crippen molar-refractivity contribution < 1.29 is 9.90 Å². The van der Waals surface area contributed by atoms with Crippen molar-refractivity contribution in [3.8, 4) is 11.4 Å². The van der Waals surface area contributed by atoms with E-state index in [1.54, 1.807) is 45.2 Å². The third-order valence-corrected chi connectivity index (χ3v) is 7.49. The number of carbonyl (C=O) groups excluding carboxylic acids is 1. The van der Waals surface area contributed by atoms with Gasteiger partial charge < -0.3 is 5.11 Å². The number of thiazole rings is 1. The zero-order valence-corrected chi connectivity index (χ0v) is 19.4. The molecule has 1 aliphatic carbocycles. The third-order valence-electron chi connectivity index (χ3n) is 5.41. The molecule has 0 aliphatic heterocycles. The second-order valence-corrected chi connectivity index (χ2v) is 9.72. The Morgan fingerprint density at radius 2 is 1.88 bits per heavy atom. The van der Waals surface area contributed by atoms with E-state index in [1.165, 1.54) is 23.1 Å². The van der Waals surface area contributed by atoms with Crippen LogP contribution in [0.4, 0.5) is 5.13 Å². The maximum Gasteiger partial charge on any atom is 0.239 e. The molecular weight excluding hydrogens is 456 g/mol. The number of hydrogen-bond donors (Lipinski definition) is 1.